The summed E-state index contributed by atoms with van der Waals surface area (Å²) in [6.45, 7) is 3.53. The summed E-state index contributed by atoms with van der Waals surface area (Å²) in [6, 6.07) is 5.16. The number of hydrogen-bond acceptors (Lipinski definition) is 2. The second kappa shape index (κ2) is 4.92. The van der Waals surface area contributed by atoms with E-state index in [1.807, 2.05) is 25.1 Å². The Labute approximate surface area is 107 Å². The number of benzene rings is 1. The molecule has 16 heavy (non-hydrogen) atoms. The highest BCUT2D eigenvalue weighted by Gasteiger charge is 2.31. The van der Waals surface area contributed by atoms with Crippen molar-refractivity contribution in [2.24, 2.45) is 0 Å². The first-order valence-electron chi connectivity index (χ1n) is 5.07. The van der Waals surface area contributed by atoms with E-state index in [0.29, 0.717) is 10.0 Å². The zero-order valence-electron chi connectivity index (χ0n) is 9.96. The molecule has 0 fully saturated rings. The number of halogens is 2. The van der Waals surface area contributed by atoms with E-state index in [9.17, 15) is 5.11 Å². The number of rotatable bonds is 3. The smallest absolute Gasteiger partial charge is 0.0788 e. The first-order valence-corrected chi connectivity index (χ1v) is 5.83. The molecule has 0 bridgehead atoms. The van der Waals surface area contributed by atoms with E-state index in [4.69, 9.17) is 23.2 Å². The topological polar surface area (TPSA) is 23.5 Å². The molecule has 0 aliphatic rings. The summed E-state index contributed by atoms with van der Waals surface area (Å²) in [5, 5.41) is 11.3. The van der Waals surface area contributed by atoms with Crippen LogP contribution in [0.3, 0.4) is 0 Å². The lowest BCUT2D eigenvalue weighted by molar-refractivity contribution is -0.00311. The second-order valence-corrected chi connectivity index (χ2v) is 5.53. The van der Waals surface area contributed by atoms with Crippen molar-refractivity contribution in [1.29, 1.82) is 0 Å². The molecule has 0 aliphatic carbocycles. The van der Waals surface area contributed by atoms with Gasteiger partial charge in [0.2, 0.25) is 0 Å². The monoisotopic (exact) mass is 261 g/mol. The quantitative estimate of drug-likeness (QED) is 0.902. The minimum atomic E-state index is -0.874. The lowest BCUT2D eigenvalue weighted by Crippen LogP contribution is -2.38. The Morgan fingerprint density at radius 1 is 1.25 bits per heavy atom. The molecule has 0 aromatic heterocycles. The fraction of sp³-hybridized carbons (Fsp3) is 0.500. The molecule has 1 unspecified atom stereocenters. The minimum absolute atomic E-state index is 0.169. The molecular formula is C12H17Cl2NO. The van der Waals surface area contributed by atoms with Crippen molar-refractivity contribution in [3.8, 4) is 0 Å². The Bertz CT molecular complexity index is 372. The van der Waals surface area contributed by atoms with Crippen molar-refractivity contribution in [3.63, 3.8) is 0 Å². The van der Waals surface area contributed by atoms with Crippen molar-refractivity contribution in [3.05, 3.63) is 33.8 Å². The van der Waals surface area contributed by atoms with E-state index >= 15 is 0 Å². The van der Waals surface area contributed by atoms with E-state index in [1.165, 1.54) is 0 Å². The molecule has 2 nitrogen and oxygen atoms in total. The molecule has 1 aromatic carbocycles. The molecular weight excluding hydrogens is 245 g/mol. The predicted molar refractivity (Wildman–Crippen MR) is 69.2 cm³/mol. The van der Waals surface area contributed by atoms with E-state index in [1.54, 1.807) is 26.0 Å². The fourth-order valence-electron chi connectivity index (χ4n) is 2.01. The summed E-state index contributed by atoms with van der Waals surface area (Å²) < 4.78 is 0. The number of hydrogen-bond donors (Lipinski definition) is 1. The predicted octanol–water partition coefficient (Wildman–Crippen LogP) is 3.37. The average molecular weight is 262 g/mol. The van der Waals surface area contributed by atoms with Crippen molar-refractivity contribution in [2.75, 3.05) is 14.1 Å². The van der Waals surface area contributed by atoms with Crippen molar-refractivity contribution < 1.29 is 5.11 Å². The summed E-state index contributed by atoms with van der Waals surface area (Å²) in [7, 11) is 3.82. The van der Waals surface area contributed by atoms with Gasteiger partial charge in [-0.1, -0.05) is 29.3 Å². The normalized spacial score (nSPS) is 14.2. The molecule has 90 valence electrons. The van der Waals surface area contributed by atoms with Gasteiger partial charge in [0.1, 0.15) is 0 Å². The maximum Gasteiger partial charge on any atom is 0.0788 e. The average Bonchev–Trinajstić information content (AvgIpc) is 2.06. The van der Waals surface area contributed by atoms with Crippen molar-refractivity contribution >= 4 is 23.2 Å². The van der Waals surface area contributed by atoms with Gasteiger partial charge in [0.25, 0.3) is 0 Å². The van der Waals surface area contributed by atoms with Gasteiger partial charge < -0.3 is 5.11 Å². The van der Waals surface area contributed by atoms with Crippen LogP contribution in [0.15, 0.2) is 18.2 Å². The Morgan fingerprint density at radius 3 is 2.19 bits per heavy atom. The maximum absolute atomic E-state index is 10.2. The van der Waals surface area contributed by atoms with Gasteiger partial charge in [0.05, 0.1) is 11.6 Å². The third-order valence-corrected chi connectivity index (χ3v) is 3.01. The van der Waals surface area contributed by atoms with Crippen LogP contribution in [-0.4, -0.2) is 29.7 Å². The van der Waals surface area contributed by atoms with Gasteiger partial charge in [-0.2, -0.15) is 0 Å². The summed E-state index contributed by atoms with van der Waals surface area (Å²) in [4.78, 5) is 1.94. The van der Waals surface area contributed by atoms with E-state index < -0.39 is 5.60 Å². The largest absolute Gasteiger partial charge is 0.388 e. The van der Waals surface area contributed by atoms with Gasteiger partial charge >= 0.3 is 0 Å². The van der Waals surface area contributed by atoms with Crippen LogP contribution >= 0.6 is 23.2 Å². The molecule has 1 rings (SSSR count). The second-order valence-electron chi connectivity index (χ2n) is 4.69. The van der Waals surface area contributed by atoms with Gasteiger partial charge in [-0.15, -0.1) is 0 Å². The van der Waals surface area contributed by atoms with Crippen LogP contribution in [0.4, 0.5) is 0 Å². The first kappa shape index (κ1) is 13.8. The van der Waals surface area contributed by atoms with Gasteiger partial charge in [0, 0.05) is 10.0 Å². The van der Waals surface area contributed by atoms with Gasteiger partial charge in [-0.25, -0.2) is 0 Å². The molecule has 0 radical (unpaired) electrons. The Hall–Kier alpha value is -0.280. The van der Waals surface area contributed by atoms with Crippen LogP contribution in [0, 0.1) is 0 Å². The molecule has 1 atom stereocenters. The van der Waals surface area contributed by atoms with Gasteiger partial charge in [0.15, 0.2) is 0 Å². The molecule has 0 aliphatic heterocycles. The van der Waals surface area contributed by atoms with Crippen molar-refractivity contribution in [2.45, 2.75) is 25.5 Å². The van der Waals surface area contributed by atoms with Gasteiger partial charge in [-0.3, -0.25) is 4.90 Å². The molecule has 0 saturated carbocycles. The molecule has 0 heterocycles. The third-order valence-electron chi connectivity index (χ3n) is 2.44. The van der Waals surface area contributed by atoms with Crippen LogP contribution in [0.1, 0.15) is 25.5 Å². The molecule has 1 aromatic rings. The Kier molecular flexibility index (Phi) is 4.24. The molecule has 1 N–H and O–H groups in total. The lowest BCUT2D eigenvalue weighted by Gasteiger charge is -2.35. The fourth-order valence-corrected chi connectivity index (χ4v) is 2.53. The molecule has 4 heteroatoms. The number of likely N-dealkylation sites (N-methyl/N-ethyl adjacent to an activating group) is 1. The van der Waals surface area contributed by atoms with Crippen LogP contribution < -0.4 is 0 Å². The number of nitrogens with zero attached hydrogens (tertiary/aromatic N) is 1. The molecule has 0 spiro atoms. The summed E-state index contributed by atoms with van der Waals surface area (Å²) >= 11 is 12.0. The zero-order valence-corrected chi connectivity index (χ0v) is 11.5. The summed E-state index contributed by atoms with van der Waals surface area (Å²) in [6.07, 6.45) is 0. The standard InChI is InChI=1S/C12H17Cl2NO/c1-12(2,16)11(15(3)4)9-6-5-8(13)7-10(9)14/h5-7,11,16H,1-4H3. The first-order chi connectivity index (χ1) is 7.23. The SMILES string of the molecule is CN(C)C(c1ccc(Cl)cc1Cl)C(C)(C)O. The maximum atomic E-state index is 10.2. The summed E-state index contributed by atoms with van der Waals surface area (Å²) in [5.41, 5.74) is 0.00426. The lowest BCUT2D eigenvalue weighted by atomic mass is 9.91. The van der Waals surface area contributed by atoms with Crippen LogP contribution in [0.25, 0.3) is 0 Å². The Balaban J connectivity index is 3.22. The van der Waals surface area contributed by atoms with Crippen LogP contribution in [-0.2, 0) is 0 Å². The van der Waals surface area contributed by atoms with Crippen LogP contribution in [0.2, 0.25) is 10.0 Å². The summed E-state index contributed by atoms with van der Waals surface area (Å²) in [5.74, 6) is 0. The number of aliphatic hydroxyl groups is 1. The van der Waals surface area contributed by atoms with Crippen molar-refractivity contribution in [1.82, 2.24) is 4.90 Å². The Morgan fingerprint density at radius 2 is 1.81 bits per heavy atom. The molecule has 0 amide bonds. The highest BCUT2D eigenvalue weighted by Crippen LogP contribution is 2.35. The van der Waals surface area contributed by atoms with Gasteiger partial charge in [-0.05, 0) is 45.6 Å². The molecule has 0 saturated heterocycles. The third kappa shape index (κ3) is 3.11. The zero-order chi connectivity index (χ0) is 12.5. The van der Waals surface area contributed by atoms with Crippen LogP contribution in [0.5, 0.6) is 0 Å². The van der Waals surface area contributed by atoms with E-state index in [-0.39, 0.29) is 6.04 Å². The minimum Gasteiger partial charge on any atom is -0.388 e. The van der Waals surface area contributed by atoms with E-state index in [0.717, 1.165) is 5.56 Å². The van der Waals surface area contributed by atoms with E-state index in [2.05, 4.69) is 0 Å². The highest BCUT2D eigenvalue weighted by molar-refractivity contribution is 6.35. The highest BCUT2D eigenvalue weighted by atomic mass is 35.5.